The van der Waals surface area contributed by atoms with Gasteiger partial charge >= 0.3 is 0 Å². The first-order valence-electron chi connectivity index (χ1n) is 11.1. The molecule has 0 fully saturated rings. The first-order chi connectivity index (χ1) is 16.2. The number of aliphatic hydroxyl groups is 1. The summed E-state index contributed by atoms with van der Waals surface area (Å²) in [6.07, 6.45) is 3.81. The summed E-state index contributed by atoms with van der Waals surface area (Å²) in [6.45, 7) is 0.498. The normalized spacial score (nSPS) is 12.7. The van der Waals surface area contributed by atoms with Gasteiger partial charge in [0.1, 0.15) is 5.60 Å². The Morgan fingerprint density at radius 1 is 0.697 bits per heavy atom. The van der Waals surface area contributed by atoms with E-state index in [1.54, 1.807) is 0 Å². The Balaban J connectivity index is 1.60. The van der Waals surface area contributed by atoms with E-state index in [2.05, 4.69) is 52.3 Å². The van der Waals surface area contributed by atoms with Crippen LogP contribution < -0.4 is 0 Å². The van der Waals surface area contributed by atoms with E-state index in [4.69, 9.17) is 4.74 Å². The van der Waals surface area contributed by atoms with E-state index < -0.39 is 11.7 Å². The fourth-order valence-corrected chi connectivity index (χ4v) is 4.61. The van der Waals surface area contributed by atoms with Crippen LogP contribution in [0.25, 0.3) is 0 Å². The van der Waals surface area contributed by atoms with Gasteiger partial charge in [-0.25, -0.2) is 0 Å². The molecule has 1 N–H and O–H groups in total. The first-order valence-corrected chi connectivity index (χ1v) is 11.9. The fraction of sp³-hybridized carbons (Fsp3) is 0.133. The molecular weight excluding hydrogens is 472 g/mol. The van der Waals surface area contributed by atoms with Gasteiger partial charge in [0, 0.05) is 4.47 Å². The fourth-order valence-electron chi connectivity index (χ4n) is 4.09. The van der Waals surface area contributed by atoms with Crippen molar-refractivity contribution in [3.63, 3.8) is 0 Å². The maximum absolute atomic E-state index is 10.5. The highest BCUT2D eigenvalue weighted by Gasteiger charge is 2.37. The van der Waals surface area contributed by atoms with E-state index in [0.29, 0.717) is 13.0 Å². The molecule has 0 radical (unpaired) electrons. The smallest absolute Gasteiger partial charge is 0.143 e. The predicted octanol–water partition coefficient (Wildman–Crippen LogP) is 7.44. The van der Waals surface area contributed by atoms with Crippen molar-refractivity contribution in [3.8, 4) is 0 Å². The van der Waals surface area contributed by atoms with E-state index in [1.165, 1.54) is 0 Å². The second-order valence-electron chi connectivity index (χ2n) is 7.81. The van der Waals surface area contributed by atoms with Crippen molar-refractivity contribution >= 4 is 15.9 Å². The van der Waals surface area contributed by atoms with Crippen LogP contribution in [0.2, 0.25) is 0 Å². The van der Waals surface area contributed by atoms with Gasteiger partial charge in [0.05, 0.1) is 12.7 Å². The third-order valence-electron chi connectivity index (χ3n) is 5.69. The van der Waals surface area contributed by atoms with Crippen LogP contribution in [0.4, 0.5) is 0 Å². The molecule has 0 saturated carbocycles. The van der Waals surface area contributed by atoms with Gasteiger partial charge < -0.3 is 9.84 Å². The Kier molecular flexibility index (Phi) is 7.90. The molecule has 3 heteroatoms. The van der Waals surface area contributed by atoms with Crippen molar-refractivity contribution in [1.29, 1.82) is 0 Å². The highest BCUT2D eigenvalue weighted by molar-refractivity contribution is 9.10. The lowest BCUT2D eigenvalue weighted by atomic mass is 9.80. The largest absolute Gasteiger partial charge is 0.384 e. The van der Waals surface area contributed by atoms with Crippen LogP contribution in [0.5, 0.6) is 0 Å². The van der Waals surface area contributed by atoms with Gasteiger partial charge in [-0.05, 0) is 34.7 Å². The van der Waals surface area contributed by atoms with Crippen molar-refractivity contribution in [1.82, 2.24) is 0 Å². The number of benzene rings is 4. The first kappa shape index (κ1) is 23.2. The van der Waals surface area contributed by atoms with Gasteiger partial charge in [-0.1, -0.05) is 137 Å². The van der Waals surface area contributed by atoms with Gasteiger partial charge in [-0.2, -0.15) is 0 Å². The molecule has 4 rings (SSSR count). The van der Waals surface area contributed by atoms with Gasteiger partial charge in [0.2, 0.25) is 0 Å². The van der Waals surface area contributed by atoms with Gasteiger partial charge in [0.15, 0.2) is 0 Å². The van der Waals surface area contributed by atoms with E-state index in [9.17, 15) is 5.11 Å². The van der Waals surface area contributed by atoms with Crippen LogP contribution in [0.15, 0.2) is 132 Å². The third-order valence-corrected chi connectivity index (χ3v) is 6.41. The Morgan fingerprint density at radius 2 is 1.15 bits per heavy atom. The highest BCUT2D eigenvalue weighted by Crippen LogP contribution is 2.40. The monoisotopic (exact) mass is 498 g/mol. The number of ether oxygens (including phenoxy) is 1. The van der Waals surface area contributed by atoms with Crippen LogP contribution in [0, 0.1) is 0 Å². The lowest BCUT2D eigenvalue weighted by molar-refractivity contribution is 0.0156. The molecule has 4 aromatic carbocycles. The molecule has 0 heterocycles. The van der Waals surface area contributed by atoms with Gasteiger partial charge in [-0.3, -0.25) is 0 Å². The second kappa shape index (κ2) is 11.2. The molecule has 0 bridgehead atoms. The predicted molar refractivity (Wildman–Crippen MR) is 138 cm³/mol. The van der Waals surface area contributed by atoms with Gasteiger partial charge in [0.25, 0.3) is 0 Å². The molecule has 0 aliphatic carbocycles. The molecule has 0 aliphatic heterocycles. The van der Waals surface area contributed by atoms with Crippen LogP contribution in [-0.4, -0.2) is 11.7 Å². The van der Waals surface area contributed by atoms with E-state index in [-0.39, 0.29) is 0 Å². The third kappa shape index (κ3) is 5.33. The topological polar surface area (TPSA) is 29.5 Å². The molecule has 4 aromatic rings. The zero-order valence-corrected chi connectivity index (χ0v) is 19.9. The lowest BCUT2D eigenvalue weighted by Crippen LogP contribution is -2.33. The van der Waals surface area contributed by atoms with Crippen molar-refractivity contribution in [2.45, 2.75) is 18.1 Å². The molecule has 0 aromatic heterocycles. The minimum absolute atomic E-state index is 0.498. The van der Waals surface area contributed by atoms with Crippen LogP contribution in [0.1, 0.15) is 34.8 Å². The molecule has 166 valence electrons. The Labute approximate surface area is 204 Å². The number of hydrogen-bond acceptors (Lipinski definition) is 2. The zero-order valence-electron chi connectivity index (χ0n) is 18.3. The summed E-state index contributed by atoms with van der Waals surface area (Å²) < 4.78 is 7.65. The standard InChI is InChI=1S/C30H27BrO2/c31-28-21-11-10-20-27(28)29(32)22-12-13-23-33-30(24-14-4-1-5-15-24,25-16-6-2-7-17-25)26-18-8-3-9-19-26/h1-12,14-22,29,32H,13,23H2/b22-12+/t29-/m0/s1. The van der Waals surface area contributed by atoms with Gasteiger partial charge in [-0.15, -0.1) is 0 Å². The Morgan fingerprint density at radius 3 is 1.64 bits per heavy atom. The van der Waals surface area contributed by atoms with Crippen LogP contribution in [0.3, 0.4) is 0 Å². The van der Waals surface area contributed by atoms with Crippen molar-refractivity contribution in [2.75, 3.05) is 6.61 Å². The zero-order chi connectivity index (χ0) is 22.9. The average Bonchev–Trinajstić information content (AvgIpc) is 2.88. The lowest BCUT2D eigenvalue weighted by Gasteiger charge is -2.36. The minimum Gasteiger partial charge on any atom is -0.384 e. The molecular formula is C30H27BrO2. The SMILES string of the molecule is O[C@@H](/C=C/CCOC(c1ccccc1)(c1ccccc1)c1ccccc1)c1ccccc1Br. The van der Waals surface area contributed by atoms with Crippen molar-refractivity contribution in [2.24, 2.45) is 0 Å². The number of hydrogen-bond donors (Lipinski definition) is 1. The minimum atomic E-state index is -0.724. The molecule has 1 atom stereocenters. The van der Waals surface area contributed by atoms with E-state index in [0.717, 1.165) is 26.7 Å². The summed E-state index contributed by atoms with van der Waals surface area (Å²) in [5, 5.41) is 10.5. The van der Waals surface area contributed by atoms with E-state index >= 15 is 0 Å². The number of rotatable bonds is 9. The molecule has 33 heavy (non-hydrogen) atoms. The van der Waals surface area contributed by atoms with Crippen LogP contribution in [-0.2, 0) is 10.3 Å². The molecule has 0 spiro atoms. The molecule has 2 nitrogen and oxygen atoms in total. The summed E-state index contributed by atoms with van der Waals surface area (Å²) in [5.41, 5.74) is 3.37. The molecule has 0 unspecified atom stereocenters. The van der Waals surface area contributed by atoms with Crippen LogP contribution >= 0.6 is 15.9 Å². The average molecular weight is 499 g/mol. The summed E-state index contributed by atoms with van der Waals surface area (Å²) in [6, 6.07) is 38.8. The molecule has 0 saturated heterocycles. The summed E-state index contributed by atoms with van der Waals surface area (Å²) in [4.78, 5) is 0. The Hall–Kier alpha value is -2.98. The maximum Gasteiger partial charge on any atom is 0.143 e. The quantitative estimate of drug-likeness (QED) is 0.147. The summed E-state index contributed by atoms with van der Waals surface area (Å²) >= 11 is 3.50. The van der Waals surface area contributed by atoms with E-state index in [1.807, 2.05) is 91.0 Å². The summed E-state index contributed by atoms with van der Waals surface area (Å²) in [5.74, 6) is 0. The highest BCUT2D eigenvalue weighted by atomic mass is 79.9. The second-order valence-corrected chi connectivity index (χ2v) is 8.67. The number of halogens is 1. The van der Waals surface area contributed by atoms with Crippen molar-refractivity contribution in [3.05, 3.63) is 154 Å². The number of aliphatic hydroxyl groups excluding tert-OH is 1. The summed E-state index contributed by atoms with van der Waals surface area (Å²) in [7, 11) is 0. The Bertz CT molecular complexity index is 1060. The van der Waals surface area contributed by atoms with Crippen molar-refractivity contribution < 1.29 is 9.84 Å². The maximum atomic E-state index is 10.5. The molecule has 0 aliphatic rings. The molecule has 0 amide bonds.